The van der Waals surface area contributed by atoms with E-state index < -0.39 is 12.0 Å². The van der Waals surface area contributed by atoms with Crippen LogP contribution in [0.4, 0.5) is 0 Å². The molecular formula is C16H17NO3. The fourth-order valence-electron chi connectivity index (χ4n) is 2.30. The van der Waals surface area contributed by atoms with E-state index in [0.29, 0.717) is 0 Å². The molecule has 4 nitrogen and oxygen atoms in total. The summed E-state index contributed by atoms with van der Waals surface area (Å²) in [5.41, 5.74) is 0.893. The van der Waals surface area contributed by atoms with Crippen LogP contribution in [-0.2, 0) is 9.59 Å². The number of aliphatic carboxylic acids is 1. The molecule has 20 heavy (non-hydrogen) atoms. The summed E-state index contributed by atoms with van der Waals surface area (Å²) in [4.78, 5) is 22.4. The van der Waals surface area contributed by atoms with Gasteiger partial charge in [0.25, 0.3) is 0 Å². The Morgan fingerprint density at radius 3 is 2.35 bits per heavy atom. The maximum Gasteiger partial charge on any atom is 0.326 e. The zero-order chi connectivity index (χ0) is 14.7. The van der Waals surface area contributed by atoms with Gasteiger partial charge in [-0.25, -0.2) is 4.79 Å². The topological polar surface area (TPSA) is 66.4 Å². The lowest BCUT2D eigenvalue weighted by molar-refractivity contribution is -0.142. The molecule has 0 bridgehead atoms. The van der Waals surface area contributed by atoms with Crippen molar-refractivity contribution >= 4 is 22.6 Å². The average Bonchev–Trinajstić information content (AvgIpc) is 2.43. The summed E-state index contributed by atoms with van der Waals surface area (Å²) in [5.74, 6) is -1.67. The zero-order valence-electron chi connectivity index (χ0n) is 11.5. The minimum atomic E-state index is -1.03. The molecule has 0 aromatic heterocycles. The predicted molar refractivity (Wildman–Crippen MR) is 77.6 cm³/mol. The lowest BCUT2D eigenvalue weighted by Crippen LogP contribution is -2.43. The highest BCUT2D eigenvalue weighted by Crippen LogP contribution is 2.24. The number of benzene rings is 2. The molecule has 2 rings (SSSR count). The number of carbonyl (C=O) groups is 2. The monoisotopic (exact) mass is 271 g/mol. The Hall–Kier alpha value is -2.36. The van der Waals surface area contributed by atoms with Crippen molar-refractivity contribution in [3.63, 3.8) is 0 Å². The number of carbonyl (C=O) groups excluding carboxylic acids is 1. The van der Waals surface area contributed by atoms with Gasteiger partial charge < -0.3 is 10.4 Å². The molecule has 2 atom stereocenters. The fraction of sp³-hybridized carbons (Fsp3) is 0.250. The third-order valence-corrected chi connectivity index (χ3v) is 3.42. The van der Waals surface area contributed by atoms with E-state index in [2.05, 4.69) is 5.32 Å². The maximum absolute atomic E-state index is 11.3. The van der Waals surface area contributed by atoms with Crippen LogP contribution in [0.25, 0.3) is 10.8 Å². The lowest BCUT2D eigenvalue weighted by Gasteiger charge is -2.21. The molecular weight excluding hydrogens is 254 g/mol. The molecule has 0 aliphatic carbocycles. The first-order valence-electron chi connectivity index (χ1n) is 6.47. The van der Waals surface area contributed by atoms with Crippen LogP contribution in [0.1, 0.15) is 25.3 Å². The molecule has 1 amide bonds. The Labute approximate surface area is 117 Å². The van der Waals surface area contributed by atoms with E-state index in [1.54, 1.807) is 6.92 Å². The number of carboxylic acid groups (broad SMARTS) is 1. The van der Waals surface area contributed by atoms with E-state index in [4.69, 9.17) is 0 Å². The third-order valence-electron chi connectivity index (χ3n) is 3.42. The molecule has 104 valence electrons. The molecule has 0 spiro atoms. The molecule has 2 aromatic rings. The van der Waals surface area contributed by atoms with Gasteiger partial charge in [-0.3, -0.25) is 4.79 Å². The number of carboxylic acids is 1. The maximum atomic E-state index is 11.3. The molecule has 2 aromatic carbocycles. The standard InChI is InChI=1S/C16H17NO3/c1-10(15(16(19)20)17-11(2)18)13-8-7-12-5-3-4-6-14(12)9-13/h3-10,15H,1-2H3,(H,17,18)(H,19,20)/t10-,15-/m1/s1. The second-order valence-electron chi connectivity index (χ2n) is 4.91. The van der Waals surface area contributed by atoms with Crippen LogP contribution in [0, 0.1) is 0 Å². The van der Waals surface area contributed by atoms with Gasteiger partial charge in [0, 0.05) is 12.8 Å². The molecule has 0 unspecified atom stereocenters. The molecule has 0 saturated heterocycles. The summed E-state index contributed by atoms with van der Waals surface area (Å²) in [5, 5.41) is 13.9. The van der Waals surface area contributed by atoms with E-state index in [-0.39, 0.29) is 11.8 Å². The summed E-state index contributed by atoms with van der Waals surface area (Å²) >= 11 is 0. The van der Waals surface area contributed by atoms with E-state index in [1.165, 1.54) is 6.92 Å². The van der Waals surface area contributed by atoms with E-state index in [0.717, 1.165) is 16.3 Å². The molecule has 0 radical (unpaired) electrons. The molecule has 0 saturated carbocycles. The fourth-order valence-corrected chi connectivity index (χ4v) is 2.30. The number of fused-ring (bicyclic) bond motifs is 1. The van der Waals surface area contributed by atoms with Gasteiger partial charge in [-0.1, -0.05) is 49.4 Å². The Kier molecular flexibility index (Phi) is 4.03. The van der Waals surface area contributed by atoms with Gasteiger partial charge in [-0.05, 0) is 16.3 Å². The van der Waals surface area contributed by atoms with Crippen LogP contribution in [0.2, 0.25) is 0 Å². The summed E-state index contributed by atoms with van der Waals surface area (Å²) in [6, 6.07) is 12.8. The van der Waals surface area contributed by atoms with Gasteiger partial charge in [-0.15, -0.1) is 0 Å². The summed E-state index contributed by atoms with van der Waals surface area (Å²) in [6.45, 7) is 3.13. The van der Waals surface area contributed by atoms with Crippen LogP contribution >= 0.6 is 0 Å². The Morgan fingerprint density at radius 1 is 1.10 bits per heavy atom. The van der Waals surface area contributed by atoms with E-state index in [1.807, 2.05) is 42.5 Å². The SMILES string of the molecule is CC(=O)N[C@@H](C(=O)O)[C@H](C)c1ccc2ccccc2c1. The van der Waals surface area contributed by atoms with Crippen LogP contribution < -0.4 is 5.32 Å². The van der Waals surface area contributed by atoms with Crippen LogP contribution in [0.15, 0.2) is 42.5 Å². The quantitative estimate of drug-likeness (QED) is 0.898. The van der Waals surface area contributed by atoms with Crippen molar-refractivity contribution in [1.29, 1.82) is 0 Å². The first-order chi connectivity index (χ1) is 9.49. The number of rotatable bonds is 4. The van der Waals surface area contributed by atoms with Gasteiger partial charge in [0.1, 0.15) is 6.04 Å². The Balaban J connectivity index is 2.35. The van der Waals surface area contributed by atoms with Crippen molar-refractivity contribution in [2.24, 2.45) is 0 Å². The largest absolute Gasteiger partial charge is 0.480 e. The second kappa shape index (κ2) is 5.74. The number of hydrogen-bond acceptors (Lipinski definition) is 2. The summed E-state index contributed by atoms with van der Waals surface area (Å²) < 4.78 is 0. The third kappa shape index (κ3) is 2.96. The van der Waals surface area contributed by atoms with Crippen molar-refractivity contribution in [3.8, 4) is 0 Å². The van der Waals surface area contributed by atoms with Crippen LogP contribution in [0.3, 0.4) is 0 Å². The van der Waals surface area contributed by atoms with Crippen molar-refractivity contribution in [3.05, 3.63) is 48.0 Å². The van der Waals surface area contributed by atoms with E-state index in [9.17, 15) is 14.7 Å². The molecule has 0 fully saturated rings. The number of amides is 1. The van der Waals surface area contributed by atoms with Crippen molar-refractivity contribution in [2.75, 3.05) is 0 Å². The minimum absolute atomic E-state index is 0.305. The smallest absolute Gasteiger partial charge is 0.326 e. The second-order valence-corrected chi connectivity index (χ2v) is 4.91. The molecule has 4 heteroatoms. The highest BCUT2D eigenvalue weighted by Gasteiger charge is 2.26. The number of hydrogen-bond donors (Lipinski definition) is 2. The van der Waals surface area contributed by atoms with Crippen molar-refractivity contribution in [2.45, 2.75) is 25.8 Å². The predicted octanol–water partition coefficient (Wildman–Crippen LogP) is 2.53. The highest BCUT2D eigenvalue weighted by atomic mass is 16.4. The molecule has 0 heterocycles. The first-order valence-corrected chi connectivity index (χ1v) is 6.47. The zero-order valence-corrected chi connectivity index (χ0v) is 11.5. The normalized spacial score (nSPS) is 13.7. The molecule has 0 aliphatic heterocycles. The highest BCUT2D eigenvalue weighted by molar-refractivity contribution is 5.85. The van der Waals surface area contributed by atoms with Crippen molar-refractivity contribution < 1.29 is 14.7 Å². The Morgan fingerprint density at radius 2 is 1.75 bits per heavy atom. The van der Waals surface area contributed by atoms with Gasteiger partial charge in [-0.2, -0.15) is 0 Å². The molecule has 2 N–H and O–H groups in total. The van der Waals surface area contributed by atoms with Crippen molar-refractivity contribution in [1.82, 2.24) is 5.32 Å². The van der Waals surface area contributed by atoms with Crippen LogP contribution in [0.5, 0.6) is 0 Å². The Bertz CT molecular complexity index is 651. The van der Waals surface area contributed by atoms with Gasteiger partial charge >= 0.3 is 5.97 Å². The van der Waals surface area contributed by atoms with Crippen LogP contribution in [-0.4, -0.2) is 23.0 Å². The molecule has 0 aliphatic rings. The van der Waals surface area contributed by atoms with E-state index >= 15 is 0 Å². The lowest BCUT2D eigenvalue weighted by atomic mass is 9.91. The van der Waals surface area contributed by atoms with Gasteiger partial charge in [0.05, 0.1) is 0 Å². The first kappa shape index (κ1) is 14.1. The average molecular weight is 271 g/mol. The van der Waals surface area contributed by atoms with Gasteiger partial charge in [0.2, 0.25) is 5.91 Å². The summed E-state index contributed by atoms with van der Waals surface area (Å²) in [7, 11) is 0. The van der Waals surface area contributed by atoms with Gasteiger partial charge in [0.15, 0.2) is 0 Å². The summed E-state index contributed by atoms with van der Waals surface area (Å²) in [6.07, 6.45) is 0. The minimum Gasteiger partial charge on any atom is -0.480 e. The number of nitrogens with one attached hydrogen (secondary N) is 1.